The number of hydrogen-bond acceptors (Lipinski definition) is 8. The van der Waals surface area contributed by atoms with Crippen molar-refractivity contribution in [1.82, 2.24) is 24.5 Å². The van der Waals surface area contributed by atoms with Gasteiger partial charge in [0.1, 0.15) is 28.8 Å². The zero-order valence-corrected chi connectivity index (χ0v) is 21.2. The summed E-state index contributed by atoms with van der Waals surface area (Å²) in [4.78, 5) is 27.4. The maximum absolute atomic E-state index is 11.9. The summed E-state index contributed by atoms with van der Waals surface area (Å²) in [6.07, 6.45) is 7.35. The Hall–Kier alpha value is -4.99. The molecule has 1 aromatic carbocycles. The van der Waals surface area contributed by atoms with Gasteiger partial charge in [-0.05, 0) is 67.0 Å². The summed E-state index contributed by atoms with van der Waals surface area (Å²) >= 11 is 0. The van der Waals surface area contributed by atoms with E-state index in [0.717, 1.165) is 28.0 Å². The van der Waals surface area contributed by atoms with Crippen molar-refractivity contribution in [2.24, 2.45) is 0 Å². The molecular formula is C28H28N8O2. The molecule has 5 rings (SSSR count). The summed E-state index contributed by atoms with van der Waals surface area (Å²) < 4.78 is 7.60. The van der Waals surface area contributed by atoms with Crippen molar-refractivity contribution in [2.45, 2.75) is 13.3 Å². The van der Waals surface area contributed by atoms with Crippen molar-refractivity contribution in [3.05, 3.63) is 90.5 Å². The van der Waals surface area contributed by atoms with Gasteiger partial charge >= 0.3 is 0 Å². The summed E-state index contributed by atoms with van der Waals surface area (Å²) in [5.74, 6) is 1.81. The molecule has 0 unspecified atom stereocenters. The molecule has 0 spiro atoms. The lowest BCUT2D eigenvalue weighted by Crippen LogP contribution is -2.33. The summed E-state index contributed by atoms with van der Waals surface area (Å²) in [7, 11) is 1.75. The van der Waals surface area contributed by atoms with Crippen LogP contribution in [0.3, 0.4) is 0 Å². The number of nitrogens with one attached hydrogen (secondary N) is 3. The van der Waals surface area contributed by atoms with Crippen LogP contribution in [-0.4, -0.2) is 50.6 Å². The molecule has 0 fully saturated rings. The van der Waals surface area contributed by atoms with Crippen molar-refractivity contribution in [1.29, 1.82) is 5.41 Å². The van der Waals surface area contributed by atoms with Crippen LogP contribution >= 0.6 is 0 Å². The second-order valence-electron chi connectivity index (χ2n) is 8.80. The van der Waals surface area contributed by atoms with Gasteiger partial charge in [-0.25, -0.2) is 15.0 Å². The zero-order valence-electron chi connectivity index (χ0n) is 21.2. The molecule has 1 aliphatic rings. The largest absolute Gasteiger partial charge is 0.457 e. The van der Waals surface area contributed by atoms with Crippen molar-refractivity contribution in [3.8, 4) is 11.5 Å². The molecule has 4 heterocycles. The molecule has 3 N–H and O–H groups in total. The van der Waals surface area contributed by atoms with Crippen LogP contribution in [0.4, 0.5) is 11.5 Å². The minimum absolute atomic E-state index is 0.0646. The highest BCUT2D eigenvalue weighted by molar-refractivity contribution is 5.89. The van der Waals surface area contributed by atoms with E-state index in [-0.39, 0.29) is 11.4 Å². The van der Waals surface area contributed by atoms with E-state index in [1.807, 2.05) is 43.3 Å². The average Bonchev–Trinajstić information content (AvgIpc) is 2.94. The number of pyridine rings is 2. The Bertz CT molecular complexity index is 1630. The molecule has 0 saturated carbocycles. The molecule has 38 heavy (non-hydrogen) atoms. The third kappa shape index (κ3) is 5.10. The van der Waals surface area contributed by atoms with E-state index in [1.54, 1.807) is 35.0 Å². The van der Waals surface area contributed by atoms with E-state index in [1.165, 1.54) is 12.4 Å². The van der Waals surface area contributed by atoms with Gasteiger partial charge in [0.15, 0.2) is 5.82 Å². The molecule has 0 saturated heterocycles. The van der Waals surface area contributed by atoms with Crippen LogP contribution in [0.5, 0.6) is 11.5 Å². The highest BCUT2D eigenvalue weighted by atomic mass is 16.5. The number of rotatable bonds is 7. The van der Waals surface area contributed by atoms with Crippen LogP contribution < -0.4 is 21.0 Å². The number of ether oxygens (including phenoxy) is 1. The third-order valence-electron chi connectivity index (χ3n) is 6.34. The van der Waals surface area contributed by atoms with Crippen molar-refractivity contribution < 1.29 is 9.53 Å². The molecule has 4 aromatic rings. The topological polar surface area (TPSA) is 121 Å². The molecule has 1 aliphatic heterocycles. The molecule has 1 amide bonds. The highest BCUT2D eigenvalue weighted by Gasteiger charge is 2.17. The van der Waals surface area contributed by atoms with E-state index in [2.05, 4.69) is 27.3 Å². The Morgan fingerprint density at radius 3 is 2.76 bits per heavy atom. The maximum atomic E-state index is 11.9. The average molecular weight is 509 g/mol. The minimum atomic E-state index is -0.0646. The predicted molar refractivity (Wildman–Crippen MR) is 147 cm³/mol. The first-order chi connectivity index (χ1) is 18.4. The monoisotopic (exact) mass is 508 g/mol. The Balaban J connectivity index is 1.37. The van der Waals surface area contributed by atoms with Crippen LogP contribution in [0.15, 0.2) is 73.7 Å². The minimum Gasteiger partial charge on any atom is -0.457 e. The first kappa shape index (κ1) is 24.7. The fraction of sp³-hybridized carbons (Fsp3) is 0.179. The summed E-state index contributed by atoms with van der Waals surface area (Å²) in [6, 6.07) is 13.1. The molecular weight excluding hydrogens is 480 g/mol. The molecule has 0 aliphatic carbocycles. The highest BCUT2D eigenvalue weighted by Crippen LogP contribution is 2.30. The molecule has 10 nitrogen and oxygen atoms in total. The number of aryl methyl sites for hydroxylation is 1. The normalized spacial score (nSPS) is 13.1. The van der Waals surface area contributed by atoms with Crippen LogP contribution in [0.25, 0.3) is 16.6 Å². The molecule has 192 valence electrons. The van der Waals surface area contributed by atoms with Gasteiger partial charge in [0.05, 0.1) is 11.2 Å². The number of carbonyl (C=O) groups is 1. The van der Waals surface area contributed by atoms with Crippen molar-refractivity contribution in [3.63, 3.8) is 0 Å². The summed E-state index contributed by atoms with van der Waals surface area (Å²) in [5.41, 5.74) is 8.27. The summed E-state index contributed by atoms with van der Waals surface area (Å²) in [6.45, 7) is 6.69. The van der Waals surface area contributed by atoms with Crippen LogP contribution in [0, 0.1) is 12.3 Å². The van der Waals surface area contributed by atoms with Gasteiger partial charge in [0.2, 0.25) is 5.91 Å². The van der Waals surface area contributed by atoms with E-state index >= 15 is 0 Å². The van der Waals surface area contributed by atoms with Gasteiger partial charge in [-0.1, -0.05) is 12.7 Å². The van der Waals surface area contributed by atoms with Gasteiger partial charge in [0, 0.05) is 38.1 Å². The first-order valence-electron chi connectivity index (χ1n) is 12.2. The Morgan fingerprint density at radius 2 is 2.05 bits per heavy atom. The fourth-order valence-electron chi connectivity index (χ4n) is 4.29. The molecule has 0 radical (unpaired) electrons. The number of nitrogens with zero attached hydrogens (tertiary/aromatic N) is 5. The number of carbonyl (C=O) groups excluding carboxylic acids is 1. The van der Waals surface area contributed by atoms with Gasteiger partial charge in [-0.3, -0.25) is 14.9 Å². The molecule has 10 heteroatoms. The SMILES string of the molecule is C=CC(=O)N1CC=C(c2ccc3ncnc(Nc4ccc(Oc5ccn(NC)c(=N)c5)c(C)c4)c3n2)CC1. The van der Waals surface area contributed by atoms with Crippen LogP contribution in [0.1, 0.15) is 17.7 Å². The lowest BCUT2D eigenvalue weighted by atomic mass is 10.0. The standard InChI is InChI=1S/C28H28N8O2/c1-4-26(37)35-12-9-19(10-13-35)22-6-7-23-27(34-22)28(32-17-31-23)33-20-5-8-24(18(2)15-20)38-21-11-14-36(30-3)25(29)16-21/h4-9,11,14-17,29-30H,1,10,12-13H2,2-3H3,(H,31,32,33). The van der Waals surface area contributed by atoms with Gasteiger partial charge in [-0.2, -0.15) is 0 Å². The third-order valence-corrected chi connectivity index (χ3v) is 6.34. The smallest absolute Gasteiger partial charge is 0.246 e. The fourth-order valence-corrected chi connectivity index (χ4v) is 4.29. The summed E-state index contributed by atoms with van der Waals surface area (Å²) in [5, 5.41) is 11.4. The quantitative estimate of drug-likeness (QED) is 0.321. The molecule has 0 bridgehead atoms. The number of hydrogen-bond donors (Lipinski definition) is 3. The Labute approximate surface area is 219 Å². The Kier molecular flexibility index (Phi) is 6.86. The van der Waals surface area contributed by atoms with E-state index in [9.17, 15) is 4.79 Å². The number of benzene rings is 1. The van der Waals surface area contributed by atoms with Crippen LogP contribution in [-0.2, 0) is 4.79 Å². The predicted octanol–water partition coefficient (Wildman–Crippen LogP) is 4.13. The number of fused-ring (bicyclic) bond motifs is 1. The Morgan fingerprint density at radius 1 is 1.18 bits per heavy atom. The number of aromatic nitrogens is 4. The second kappa shape index (κ2) is 10.6. The van der Waals surface area contributed by atoms with Gasteiger partial charge in [-0.15, -0.1) is 0 Å². The first-order valence-corrected chi connectivity index (χ1v) is 12.2. The maximum Gasteiger partial charge on any atom is 0.246 e. The van der Waals surface area contributed by atoms with E-state index in [4.69, 9.17) is 15.1 Å². The number of amides is 1. The lowest BCUT2D eigenvalue weighted by Gasteiger charge is -2.25. The van der Waals surface area contributed by atoms with Crippen molar-refractivity contribution in [2.75, 3.05) is 30.9 Å². The van der Waals surface area contributed by atoms with E-state index < -0.39 is 0 Å². The lowest BCUT2D eigenvalue weighted by molar-refractivity contribution is -0.125. The second-order valence-corrected chi connectivity index (χ2v) is 8.80. The van der Waals surface area contributed by atoms with Gasteiger partial charge in [0.25, 0.3) is 0 Å². The van der Waals surface area contributed by atoms with Gasteiger partial charge < -0.3 is 20.4 Å². The molecule has 3 aromatic heterocycles. The molecule has 0 atom stereocenters. The zero-order chi connectivity index (χ0) is 26.6. The van der Waals surface area contributed by atoms with Crippen molar-refractivity contribution >= 4 is 34.0 Å². The number of anilines is 2. The van der Waals surface area contributed by atoms with Crippen LogP contribution in [0.2, 0.25) is 0 Å². The van der Waals surface area contributed by atoms with E-state index in [0.29, 0.717) is 42.3 Å².